The van der Waals surface area contributed by atoms with Crippen molar-refractivity contribution in [1.82, 2.24) is 4.98 Å². The molecule has 0 N–H and O–H groups in total. The maximum absolute atomic E-state index is 12.3. The van der Waals surface area contributed by atoms with Crippen molar-refractivity contribution in [2.45, 2.75) is 6.43 Å². The maximum atomic E-state index is 12.3. The van der Waals surface area contributed by atoms with Gasteiger partial charge in [-0.3, -0.25) is 0 Å². The number of hydrogen-bond acceptors (Lipinski definition) is 1. The van der Waals surface area contributed by atoms with Crippen molar-refractivity contribution in [3.05, 3.63) is 22.6 Å². The quantitative estimate of drug-likeness (QED) is 0.417. The molecule has 0 aliphatic rings. The SMILES string of the molecule is FC(F)c1cnc(I)c(I)c1I. The fourth-order valence-electron chi connectivity index (χ4n) is 0.609. The van der Waals surface area contributed by atoms with Gasteiger partial charge in [-0.25, -0.2) is 13.8 Å². The van der Waals surface area contributed by atoms with Crippen LogP contribution in [0, 0.1) is 10.8 Å². The first-order valence-electron chi connectivity index (χ1n) is 2.81. The Labute approximate surface area is 109 Å². The smallest absolute Gasteiger partial charge is 0.249 e. The first-order chi connectivity index (χ1) is 5.54. The van der Waals surface area contributed by atoms with E-state index in [2.05, 4.69) is 4.98 Å². The zero-order valence-corrected chi connectivity index (χ0v) is 12.0. The molecule has 0 amide bonds. The Balaban J connectivity index is 3.27. The third kappa shape index (κ3) is 2.36. The molecule has 0 aliphatic heterocycles. The maximum Gasteiger partial charge on any atom is 0.266 e. The van der Waals surface area contributed by atoms with Crippen LogP contribution in [-0.2, 0) is 0 Å². The Hall–Kier alpha value is 1.20. The summed E-state index contributed by atoms with van der Waals surface area (Å²) in [6.07, 6.45) is -1.20. The minimum absolute atomic E-state index is 0.0143. The van der Waals surface area contributed by atoms with Gasteiger partial charge >= 0.3 is 0 Å². The zero-order valence-electron chi connectivity index (χ0n) is 5.49. The number of pyridine rings is 1. The lowest BCUT2D eigenvalue weighted by Crippen LogP contribution is -1.97. The molecule has 1 heterocycles. The van der Waals surface area contributed by atoms with Crippen LogP contribution in [0.1, 0.15) is 12.0 Å². The van der Waals surface area contributed by atoms with Crippen LogP contribution in [0.4, 0.5) is 8.78 Å². The monoisotopic (exact) mass is 507 g/mol. The van der Waals surface area contributed by atoms with Crippen molar-refractivity contribution >= 4 is 67.8 Å². The van der Waals surface area contributed by atoms with E-state index in [0.29, 0.717) is 3.57 Å². The van der Waals surface area contributed by atoms with Crippen molar-refractivity contribution in [2.24, 2.45) is 0 Å². The topological polar surface area (TPSA) is 12.9 Å². The first-order valence-corrected chi connectivity index (χ1v) is 6.05. The van der Waals surface area contributed by atoms with Crippen molar-refractivity contribution in [3.63, 3.8) is 0 Å². The molecule has 6 heteroatoms. The van der Waals surface area contributed by atoms with E-state index in [1.165, 1.54) is 6.20 Å². The first kappa shape index (κ1) is 11.3. The Morgan fingerprint density at radius 3 is 2.25 bits per heavy atom. The van der Waals surface area contributed by atoms with Gasteiger partial charge in [-0.05, 0) is 67.8 Å². The molecular weight excluding hydrogens is 505 g/mol. The van der Waals surface area contributed by atoms with Gasteiger partial charge in [0, 0.05) is 9.77 Å². The summed E-state index contributed by atoms with van der Waals surface area (Å²) in [5.41, 5.74) is 0.0143. The number of alkyl halides is 2. The van der Waals surface area contributed by atoms with Crippen LogP contribution in [0.25, 0.3) is 0 Å². The number of rotatable bonds is 1. The molecule has 1 aromatic rings. The second-order valence-corrected chi connectivity index (χ2v) is 5.11. The molecule has 0 unspecified atom stereocenters. The molecule has 0 saturated heterocycles. The van der Waals surface area contributed by atoms with Crippen molar-refractivity contribution < 1.29 is 8.78 Å². The molecule has 0 fully saturated rings. The second-order valence-electron chi connectivity index (χ2n) is 1.93. The number of nitrogens with zero attached hydrogens (tertiary/aromatic N) is 1. The van der Waals surface area contributed by atoms with Gasteiger partial charge in [0.25, 0.3) is 6.43 Å². The van der Waals surface area contributed by atoms with E-state index in [4.69, 9.17) is 0 Å². The Morgan fingerprint density at radius 2 is 1.75 bits per heavy atom. The summed E-state index contributed by atoms with van der Waals surface area (Å²) >= 11 is 5.95. The predicted molar refractivity (Wildman–Crippen MR) is 67.3 cm³/mol. The van der Waals surface area contributed by atoms with Crippen molar-refractivity contribution in [2.75, 3.05) is 0 Å². The molecule has 0 radical (unpaired) electrons. The predicted octanol–water partition coefficient (Wildman–Crippen LogP) is 3.83. The third-order valence-corrected chi connectivity index (χ3v) is 6.27. The fourth-order valence-corrected chi connectivity index (χ4v) is 2.61. The largest absolute Gasteiger partial charge is 0.266 e. The molecule has 1 nitrogen and oxygen atoms in total. The third-order valence-electron chi connectivity index (χ3n) is 1.18. The van der Waals surface area contributed by atoms with E-state index in [9.17, 15) is 8.78 Å². The lowest BCUT2D eigenvalue weighted by molar-refractivity contribution is 0.150. The normalized spacial score (nSPS) is 10.8. The highest BCUT2D eigenvalue weighted by Crippen LogP contribution is 2.28. The van der Waals surface area contributed by atoms with E-state index < -0.39 is 6.43 Å². The molecule has 0 atom stereocenters. The van der Waals surface area contributed by atoms with Crippen LogP contribution in [0.3, 0.4) is 0 Å². The highest BCUT2D eigenvalue weighted by molar-refractivity contribution is 14.1. The Kier molecular flexibility index (Phi) is 4.34. The Bertz CT molecular complexity index is 303. The van der Waals surface area contributed by atoms with Crippen LogP contribution >= 0.6 is 67.8 Å². The molecule has 0 aromatic carbocycles. The molecule has 12 heavy (non-hydrogen) atoms. The van der Waals surface area contributed by atoms with Crippen LogP contribution in [0.15, 0.2) is 6.20 Å². The highest BCUT2D eigenvalue weighted by Gasteiger charge is 2.15. The van der Waals surface area contributed by atoms with E-state index in [-0.39, 0.29) is 5.56 Å². The van der Waals surface area contributed by atoms with E-state index >= 15 is 0 Å². The summed E-state index contributed by atoms with van der Waals surface area (Å²) in [4.78, 5) is 3.86. The zero-order chi connectivity index (χ0) is 9.30. The van der Waals surface area contributed by atoms with E-state index in [1.54, 1.807) is 0 Å². The summed E-state index contributed by atoms with van der Waals surface area (Å²) in [6, 6.07) is 0. The van der Waals surface area contributed by atoms with E-state index in [0.717, 1.165) is 7.27 Å². The molecule has 0 aliphatic carbocycles. The molecule has 1 rings (SSSR count). The second kappa shape index (κ2) is 4.62. The fraction of sp³-hybridized carbons (Fsp3) is 0.167. The van der Waals surface area contributed by atoms with Gasteiger partial charge in [0.1, 0.15) is 3.70 Å². The average Bonchev–Trinajstić information content (AvgIpc) is 2.00. The number of halogens is 5. The van der Waals surface area contributed by atoms with Crippen LogP contribution in [0.5, 0.6) is 0 Å². The standard InChI is InChI=1S/C6H2F2I3N/c7-5(8)2-1-12-6(11)4(10)3(2)9/h1,5H. The summed E-state index contributed by atoms with van der Waals surface area (Å²) in [6.45, 7) is 0. The summed E-state index contributed by atoms with van der Waals surface area (Å²) in [5, 5.41) is 0. The van der Waals surface area contributed by atoms with Gasteiger partial charge in [-0.1, -0.05) is 0 Å². The molecule has 1 aromatic heterocycles. The van der Waals surface area contributed by atoms with Crippen LogP contribution < -0.4 is 0 Å². The van der Waals surface area contributed by atoms with E-state index in [1.807, 2.05) is 67.8 Å². The van der Waals surface area contributed by atoms with Gasteiger partial charge in [0.2, 0.25) is 0 Å². The van der Waals surface area contributed by atoms with Gasteiger partial charge in [0.15, 0.2) is 0 Å². The van der Waals surface area contributed by atoms with Gasteiger partial charge < -0.3 is 0 Å². The molecule has 0 bridgehead atoms. The molecule has 0 spiro atoms. The summed E-state index contributed by atoms with van der Waals surface area (Å²) in [5.74, 6) is 0. The summed E-state index contributed by atoms with van der Waals surface area (Å²) in [7, 11) is 0. The Morgan fingerprint density at radius 1 is 1.17 bits per heavy atom. The minimum Gasteiger partial charge on any atom is -0.249 e. The number of hydrogen-bond donors (Lipinski definition) is 0. The molecular formula is C6H2F2I3N. The van der Waals surface area contributed by atoms with Crippen LogP contribution in [-0.4, -0.2) is 4.98 Å². The highest BCUT2D eigenvalue weighted by atomic mass is 127. The minimum atomic E-state index is -2.44. The van der Waals surface area contributed by atoms with Gasteiger partial charge in [0.05, 0.1) is 9.13 Å². The van der Waals surface area contributed by atoms with Crippen LogP contribution in [0.2, 0.25) is 0 Å². The summed E-state index contributed by atoms with van der Waals surface area (Å²) < 4.78 is 26.7. The lowest BCUT2D eigenvalue weighted by Gasteiger charge is -2.05. The van der Waals surface area contributed by atoms with Gasteiger partial charge in [-0.15, -0.1) is 0 Å². The molecule has 66 valence electrons. The molecule has 0 saturated carbocycles. The average molecular weight is 507 g/mol. The van der Waals surface area contributed by atoms with Crippen molar-refractivity contribution in [3.8, 4) is 0 Å². The number of aromatic nitrogens is 1. The van der Waals surface area contributed by atoms with Crippen molar-refractivity contribution in [1.29, 1.82) is 0 Å². The van der Waals surface area contributed by atoms with Gasteiger partial charge in [-0.2, -0.15) is 0 Å². The lowest BCUT2D eigenvalue weighted by atomic mass is 10.3.